The van der Waals surface area contributed by atoms with Crippen LogP contribution in [0.4, 0.5) is 5.82 Å². The Morgan fingerprint density at radius 1 is 1.44 bits per heavy atom. The molecule has 0 aromatic carbocycles. The second-order valence-corrected chi connectivity index (χ2v) is 6.41. The number of hydrogen-bond donors (Lipinski definition) is 0. The quantitative estimate of drug-likeness (QED) is 0.747. The van der Waals surface area contributed by atoms with Crippen molar-refractivity contribution in [1.29, 1.82) is 0 Å². The van der Waals surface area contributed by atoms with Crippen molar-refractivity contribution >= 4 is 27.3 Å². The van der Waals surface area contributed by atoms with Gasteiger partial charge in [-0.05, 0) is 6.92 Å². The number of aromatic nitrogens is 2. The van der Waals surface area contributed by atoms with Gasteiger partial charge in [0.15, 0.2) is 20.8 Å². The predicted octanol–water partition coefficient (Wildman–Crippen LogP) is 0.753. The van der Waals surface area contributed by atoms with Gasteiger partial charge in [-0.15, -0.1) is 0 Å². The molecule has 16 heavy (non-hydrogen) atoms. The summed E-state index contributed by atoms with van der Waals surface area (Å²) in [6.07, 6.45) is 3.06. The van der Waals surface area contributed by atoms with Crippen LogP contribution >= 0.6 is 11.6 Å². The van der Waals surface area contributed by atoms with Crippen LogP contribution in [0, 0.1) is 0 Å². The Hall–Kier alpha value is -0.880. The molecule has 2 heterocycles. The molecule has 1 aromatic heterocycles. The topological polar surface area (TPSA) is 63.2 Å². The van der Waals surface area contributed by atoms with Gasteiger partial charge in [-0.2, -0.15) is 0 Å². The lowest BCUT2D eigenvalue weighted by Crippen LogP contribution is -2.47. The summed E-state index contributed by atoms with van der Waals surface area (Å²) in [6, 6.07) is -0.118. The van der Waals surface area contributed by atoms with Gasteiger partial charge in [0.25, 0.3) is 0 Å². The highest BCUT2D eigenvalue weighted by molar-refractivity contribution is 7.91. The highest BCUT2D eigenvalue weighted by Crippen LogP contribution is 2.24. The molecule has 0 spiro atoms. The first-order valence-corrected chi connectivity index (χ1v) is 7.13. The Balaban J connectivity index is 2.27. The molecule has 0 amide bonds. The third-order valence-electron chi connectivity index (χ3n) is 2.58. The molecule has 0 bridgehead atoms. The molecule has 0 saturated carbocycles. The summed E-state index contributed by atoms with van der Waals surface area (Å²) in [5.74, 6) is 0.844. The Morgan fingerprint density at radius 2 is 2.12 bits per heavy atom. The number of rotatable bonds is 1. The molecule has 1 saturated heterocycles. The molecule has 0 aliphatic carbocycles. The zero-order valence-corrected chi connectivity index (χ0v) is 10.4. The highest BCUT2D eigenvalue weighted by atomic mass is 35.5. The van der Waals surface area contributed by atoms with Crippen LogP contribution in [0.2, 0.25) is 5.15 Å². The van der Waals surface area contributed by atoms with Crippen molar-refractivity contribution in [2.45, 2.75) is 13.0 Å². The van der Waals surface area contributed by atoms with E-state index in [1.165, 1.54) is 6.20 Å². The Kier molecular flexibility index (Phi) is 3.03. The maximum absolute atomic E-state index is 11.4. The first-order chi connectivity index (χ1) is 7.49. The molecule has 88 valence electrons. The van der Waals surface area contributed by atoms with Crippen molar-refractivity contribution in [2.24, 2.45) is 0 Å². The summed E-state index contributed by atoms with van der Waals surface area (Å²) < 4.78 is 22.9. The first kappa shape index (κ1) is 11.6. The third kappa shape index (κ3) is 2.27. The summed E-state index contributed by atoms with van der Waals surface area (Å²) in [4.78, 5) is 9.96. The molecule has 1 atom stereocenters. The minimum Gasteiger partial charge on any atom is -0.349 e. The van der Waals surface area contributed by atoms with Gasteiger partial charge in [-0.1, -0.05) is 11.6 Å². The number of anilines is 1. The van der Waals surface area contributed by atoms with E-state index in [0.29, 0.717) is 17.5 Å². The van der Waals surface area contributed by atoms with Crippen molar-refractivity contribution < 1.29 is 8.42 Å². The first-order valence-electron chi connectivity index (χ1n) is 4.93. The van der Waals surface area contributed by atoms with Crippen LogP contribution in [0.3, 0.4) is 0 Å². The minimum atomic E-state index is -2.92. The van der Waals surface area contributed by atoms with E-state index in [9.17, 15) is 8.42 Å². The van der Waals surface area contributed by atoms with Crippen LogP contribution in [0.1, 0.15) is 6.92 Å². The Labute approximate surface area is 99.4 Å². The van der Waals surface area contributed by atoms with Crippen LogP contribution in [0.5, 0.6) is 0 Å². The average Bonchev–Trinajstić information content (AvgIpc) is 2.18. The van der Waals surface area contributed by atoms with Crippen LogP contribution < -0.4 is 4.90 Å². The van der Waals surface area contributed by atoms with Crippen molar-refractivity contribution in [3.63, 3.8) is 0 Å². The fraction of sp³-hybridized carbons (Fsp3) is 0.556. The van der Waals surface area contributed by atoms with Crippen molar-refractivity contribution in [3.8, 4) is 0 Å². The second-order valence-electron chi connectivity index (χ2n) is 3.83. The molecule has 5 nitrogen and oxygen atoms in total. The number of sulfone groups is 1. The van der Waals surface area contributed by atoms with Crippen molar-refractivity contribution in [3.05, 3.63) is 17.5 Å². The van der Waals surface area contributed by atoms with E-state index < -0.39 is 9.84 Å². The van der Waals surface area contributed by atoms with Crippen molar-refractivity contribution in [2.75, 3.05) is 23.0 Å². The SMILES string of the molecule is CC1CS(=O)(=O)CCN1c1nccnc1Cl. The molecule has 1 aliphatic heterocycles. The zero-order chi connectivity index (χ0) is 11.8. The van der Waals surface area contributed by atoms with E-state index in [1.54, 1.807) is 6.20 Å². The van der Waals surface area contributed by atoms with Gasteiger partial charge in [-0.3, -0.25) is 0 Å². The summed E-state index contributed by atoms with van der Waals surface area (Å²) in [7, 11) is -2.92. The predicted molar refractivity (Wildman–Crippen MR) is 62.5 cm³/mol. The number of nitrogens with zero attached hydrogens (tertiary/aromatic N) is 3. The van der Waals surface area contributed by atoms with E-state index in [-0.39, 0.29) is 17.5 Å². The highest BCUT2D eigenvalue weighted by Gasteiger charge is 2.30. The molecular formula is C9H12ClN3O2S. The van der Waals surface area contributed by atoms with Gasteiger partial charge in [0, 0.05) is 25.0 Å². The van der Waals surface area contributed by atoms with Crippen LogP contribution in [0.15, 0.2) is 12.4 Å². The number of halogens is 1. The van der Waals surface area contributed by atoms with E-state index in [4.69, 9.17) is 11.6 Å². The molecule has 1 fully saturated rings. The molecule has 2 rings (SSSR count). The number of hydrogen-bond acceptors (Lipinski definition) is 5. The molecule has 7 heteroatoms. The minimum absolute atomic E-state index is 0.118. The molecule has 1 aliphatic rings. The fourth-order valence-corrected chi connectivity index (χ4v) is 3.59. The van der Waals surface area contributed by atoms with E-state index in [2.05, 4.69) is 9.97 Å². The van der Waals surface area contributed by atoms with Crippen molar-refractivity contribution in [1.82, 2.24) is 9.97 Å². The molecular weight excluding hydrogens is 250 g/mol. The second kappa shape index (κ2) is 4.18. The fourth-order valence-electron chi connectivity index (χ4n) is 1.82. The van der Waals surface area contributed by atoms with Gasteiger partial charge >= 0.3 is 0 Å². The smallest absolute Gasteiger partial charge is 0.171 e. The maximum Gasteiger partial charge on any atom is 0.171 e. The maximum atomic E-state index is 11.4. The van der Waals surface area contributed by atoms with Gasteiger partial charge in [0.05, 0.1) is 11.5 Å². The summed E-state index contributed by atoms with van der Waals surface area (Å²) in [5.41, 5.74) is 0. The summed E-state index contributed by atoms with van der Waals surface area (Å²) in [5, 5.41) is 0.314. The third-order valence-corrected chi connectivity index (χ3v) is 4.64. The van der Waals surface area contributed by atoms with Gasteiger partial charge in [-0.25, -0.2) is 18.4 Å². The summed E-state index contributed by atoms with van der Waals surface area (Å²) in [6.45, 7) is 2.27. The Morgan fingerprint density at radius 3 is 2.75 bits per heavy atom. The summed E-state index contributed by atoms with van der Waals surface area (Å²) >= 11 is 5.93. The average molecular weight is 262 g/mol. The largest absolute Gasteiger partial charge is 0.349 e. The van der Waals surface area contributed by atoms with Crippen LogP contribution in [-0.2, 0) is 9.84 Å². The zero-order valence-electron chi connectivity index (χ0n) is 8.80. The lowest BCUT2D eigenvalue weighted by Gasteiger charge is -2.34. The lowest BCUT2D eigenvalue weighted by atomic mass is 10.3. The van der Waals surface area contributed by atoms with Crippen LogP contribution in [-0.4, -0.2) is 42.5 Å². The lowest BCUT2D eigenvalue weighted by molar-refractivity contribution is 0.566. The van der Waals surface area contributed by atoms with E-state index in [1.807, 2.05) is 11.8 Å². The monoisotopic (exact) mass is 261 g/mol. The standard InChI is InChI=1S/C9H12ClN3O2S/c1-7-6-16(14,15)5-4-13(7)9-8(10)11-2-3-12-9/h2-3,7H,4-6H2,1H3. The normalized spacial score (nSPS) is 24.4. The van der Waals surface area contributed by atoms with Gasteiger partial charge in [0.2, 0.25) is 0 Å². The van der Waals surface area contributed by atoms with Gasteiger partial charge in [0.1, 0.15) is 0 Å². The molecule has 1 aromatic rings. The Bertz CT molecular complexity index is 491. The van der Waals surface area contributed by atoms with Crippen LogP contribution in [0.25, 0.3) is 0 Å². The molecule has 0 N–H and O–H groups in total. The molecule has 0 radical (unpaired) electrons. The van der Waals surface area contributed by atoms with Gasteiger partial charge < -0.3 is 4.90 Å². The molecule has 1 unspecified atom stereocenters. The van der Waals surface area contributed by atoms with E-state index in [0.717, 1.165) is 0 Å². The van der Waals surface area contributed by atoms with E-state index >= 15 is 0 Å².